The summed E-state index contributed by atoms with van der Waals surface area (Å²) in [5.74, 6) is -1.86. The average molecular weight is 250 g/mol. The molecule has 0 aromatic heterocycles. The van der Waals surface area contributed by atoms with Crippen LogP contribution in [0.4, 0.5) is 8.78 Å². The number of ketones is 1. The zero-order valence-electron chi connectivity index (χ0n) is 8.22. The van der Waals surface area contributed by atoms with Gasteiger partial charge in [0.05, 0.1) is 0 Å². The van der Waals surface area contributed by atoms with E-state index < -0.39 is 24.6 Å². The van der Waals surface area contributed by atoms with Gasteiger partial charge in [-0.1, -0.05) is 24.3 Å². The first-order chi connectivity index (χ1) is 7.18. The van der Waals surface area contributed by atoms with Crippen LogP contribution in [0.1, 0.15) is 15.9 Å². The number of hydrogen-bond donors (Lipinski definition) is 2. The fourth-order valence-corrected chi connectivity index (χ4v) is 1.51. The Morgan fingerprint density at radius 3 is 2.25 bits per heavy atom. The maximum Gasteiger partial charge on any atom is 0.407 e. The van der Waals surface area contributed by atoms with E-state index in [-0.39, 0.29) is 5.56 Å². The van der Waals surface area contributed by atoms with Crippen molar-refractivity contribution in [1.29, 1.82) is 0 Å². The lowest BCUT2D eigenvalue weighted by Crippen LogP contribution is -2.29. The van der Waals surface area contributed by atoms with Gasteiger partial charge in [-0.25, -0.2) is 0 Å². The fourth-order valence-electron chi connectivity index (χ4n) is 1.12. The third kappa shape index (κ3) is 2.19. The maximum atomic E-state index is 13.1. The predicted molar refractivity (Wildman–Crippen MR) is 52.5 cm³/mol. The molecule has 16 heavy (non-hydrogen) atoms. The van der Waals surface area contributed by atoms with Crippen molar-refractivity contribution in [1.82, 2.24) is 0 Å². The molecular weight excluding hydrogens is 241 g/mol. The number of rotatable bonds is 3. The van der Waals surface area contributed by atoms with E-state index in [9.17, 15) is 18.1 Å². The van der Waals surface area contributed by atoms with Gasteiger partial charge in [-0.3, -0.25) is 9.36 Å². The van der Waals surface area contributed by atoms with Crippen molar-refractivity contribution in [3.05, 3.63) is 35.4 Å². The summed E-state index contributed by atoms with van der Waals surface area (Å²) in [5.41, 5.74) is -4.84. The van der Waals surface area contributed by atoms with E-state index in [1.807, 2.05) is 0 Å². The summed E-state index contributed by atoms with van der Waals surface area (Å²) < 4.78 is 36.7. The van der Waals surface area contributed by atoms with Crippen LogP contribution in [0.25, 0.3) is 0 Å². The Kier molecular flexibility index (Phi) is 3.28. The van der Waals surface area contributed by atoms with Gasteiger partial charge >= 0.3 is 13.3 Å². The zero-order chi connectivity index (χ0) is 12.6. The van der Waals surface area contributed by atoms with Crippen LogP contribution >= 0.6 is 7.60 Å². The Morgan fingerprint density at radius 1 is 1.31 bits per heavy atom. The largest absolute Gasteiger partial charge is 0.407 e. The zero-order valence-corrected chi connectivity index (χ0v) is 9.12. The Hall–Kier alpha value is -1.10. The fraction of sp³-hybridized carbons (Fsp3) is 0.222. The molecule has 1 aromatic carbocycles. The Morgan fingerprint density at radius 2 is 1.81 bits per heavy atom. The monoisotopic (exact) mass is 250 g/mol. The highest BCUT2D eigenvalue weighted by molar-refractivity contribution is 7.54. The first-order valence-electron chi connectivity index (χ1n) is 4.22. The van der Waals surface area contributed by atoms with Crippen molar-refractivity contribution < 1.29 is 27.9 Å². The minimum Gasteiger partial charge on any atom is -0.320 e. The molecule has 0 amide bonds. The second kappa shape index (κ2) is 4.05. The number of carbonyl (C=O) groups excluding carboxylic acids is 1. The van der Waals surface area contributed by atoms with Crippen LogP contribution in [-0.4, -0.2) is 21.2 Å². The summed E-state index contributed by atoms with van der Waals surface area (Å²) in [6.07, 6.45) is 0. The molecule has 0 radical (unpaired) electrons. The van der Waals surface area contributed by atoms with Crippen LogP contribution in [0.3, 0.4) is 0 Å². The van der Waals surface area contributed by atoms with Crippen LogP contribution in [0, 0.1) is 6.92 Å². The number of halogens is 2. The number of benzene rings is 1. The normalized spacial score (nSPS) is 12.6. The lowest BCUT2D eigenvalue weighted by Gasteiger charge is -2.16. The molecule has 0 unspecified atom stereocenters. The molecule has 7 heteroatoms. The van der Waals surface area contributed by atoms with E-state index in [0.717, 1.165) is 6.07 Å². The number of Topliss-reactive ketones (excluding diaryl/α,β-unsaturated/α-hetero) is 1. The third-order valence-corrected chi connectivity index (χ3v) is 2.96. The lowest BCUT2D eigenvalue weighted by atomic mass is 10.1. The van der Waals surface area contributed by atoms with Crippen molar-refractivity contribution >= 4 is 13.4 Å². The molecule has 0 saturated heterocycles. The molecule has 0 aliphatic carbocycles. The number of carbonyl (C=O) groups is 1. The van der Waals surface area contributed by atoms with Crippen LogP contribution in [0.5, 0.6) is 0 Å². The van der Waals surface area contributed by atoms with E-state index in [1.54, 1.807) is 0 Å². The smallest absolute Gasteiger partial charge is 0.320 e. The highest BCUT2D eigenvalue weighted by atomic mass is 31.2. The van der Waals surface area contributed by atoms with Gasteiger partial charge in [-0.05, 0) is 12.5 Å². The highest BCUT2D eigenvalue weighted by Gasteiger charge is 2.56. The minimum atomic E-state index is -5.79. The molecule has 0 spiro atoms. The van der Waals surface area contributed by atoms with E-state index in [0.29, 0.717) is 0 Å². The van der Waals surface area contributed by atoms with Crippen molar-refractivity contribution in [3.8, 4) is 0 Å². The van der Waals surface area contributed by atoms with Gasteiger partial charge in [-0.2, -0.15) is 8.78 Å². The average Bonchev–Trinajstić information content (AvgIpc) is 2.15. The van der Waals surface area contributed by atoms with Gasteiger partial charge in [-0.15, -0.1) is 0 Å². The molecule has 0 fully saturated rings. The number of aryl methyl sites for hydroxylation is 1. The predicted octanol–water partition coefficient (Wildman–Crippen LogP) is 1.95. The number of hydrogen-bond acceptors (Lipinski definition) is 2. The molecule has 2 N–H and O–H groups in total. The van der Waals surface area contributed by atoms with Crippen molar-refractivity contribution in [2.75, 3.05) is 0 Å². The standard InChI is InChI=1S/C9H9F2O4P/c1-6-4-2-3-5-7(6)8(12)9(10,11)16(13,14)15/h2-5H,1H3,(H2,13,14,15). The molecule has 1 rings (SSSR count). The van der Waals surface area contributed by atoms with Gasteiger partial charge in [0.2, 0.25) is 5.78 Å². The molecule has 0 saturated carbocycles. The molecule has 0 aliphatic rings. The second-order valence-corrected chi connectivity index (χ2v) is 4.88. The second-order valence-electron chi connectivity index (χ2n) is 3.23. The Balaban J connectivity index is 3.24. The molecule has 4 nitrogen and oxygen atoms in total. The first kappa shape index (κ1) is 13.0. The summed E-state index contributed by atoms with van der Waals surface area (Å²) >= 11 is 0. The first-order valence-corrected chi connectivity index (χ1v) is 5.83. The summed E-state index contributed by atoms with van der Waals surface area (Å²) in [6, 6.07) is 5.38. The number of alkyl halides is 2. The van der Waals surface area contributed by atoms with E-state index in [2.05, 4.69) is 0 Å². The SMILES string of the molecule is Cc1ccccc1C(=O)C(F)(F)P(=O)(O)O. The molecule has 1 aromatic rings. The van der Waals surface area contributed by atoms with Gasteiger partial charge in [0.25, 0.3) is 0 Å². The molecule has 0 aliphatic heterocycles. The maximum absolute atomic E-state index is 13.1. The van der Waals surface area contributed by atoms with E-state index in [1.165, 1.54) is 25.1 Å². The summed E-state index contributed by atoms with van der Waals surface area (Å²) in [7, 11) is -5.79. The lowest BCUT2D eigenvalue weighted by molar-refractivity contribution is 0.0410. The van der Waals surface area contributed by atoms with Crippen molar-refractivity contribution in [2.45, 2.75) is 12.6 Å². The topological polar surface area (TPSA) is 74.6 Å². The highest BCUT2D eigenvalue weighted by Crippen LogP contribution is 2.54. The molecule has 0 heterocycles. The third-order valence-electron chi connectivity index (χ3n) is 2.03. The summed E-state index contributed by atoms with van der Waals surface area (Å²) in [6.45, 7) is 1.41. The molecule has 0 atom stereocenters. The van der Waals surface area contributed by atoms with E-state index >= 15 is 0 Å². The molecule has 88 valence electrons. The van der Waals surface area contributed by atoms with Crippen molar-refractivity contribution in [3.63, 3.8) is 0 Å². The minimum absolute atomic E-state index is 0.237. The molecular formula is C9H9F2O4P. The van der Waals surface area contributed by atoms with Crippen LogP contribution in [0.15, 0.2) is 24.3 Å². The van der Waals surface area contributed by atoms with Gasteiger partial charge < -0.3 is 9.79 Å². The Labute approximate surface area is 90.1 Å². The Bertz CT molecular complexity index is 466. The summed E-state index contributed by atoms with van der Waals surface area (Å²) in [4.78, 5) is 28.1. The van der Waals surface area contributed by atoms with Gasteiger partial charge in [0, 0.05) is 5.56 Å². The van der Waals surface area contributed by atoms with Crippen LogP contribution in [0.2, 0.25) is 0 Å². The van der Waals surface area contributed by atoms with Crippen LogP contribution in [-0.2, 0) is 4.57 Å². The van der Waals surface area contributed by atoms with Crippen LogP contribution < -0.4 is 0 Å². The van der Waals surface area contributed by atoms with Crippen molar-refractivity contribution in [2.24, 2.45) is 0 Å². The van der Waals surface area contributed by atoms with Gasteiger partial charge in [0.15, 0.2) is 0 Å². The van der Waals surface area contributed by atoms with Gasteiger partial charge in [0.1, 0.15) is 0 Å². The quantitative estimate of drug-likeness (QED) is 0.635. The molecule has 0 bridgehead atoms. The summed E-state index contributed by atoms with van der Waals surface area (Å²) in [5, 5.41) is 0. The van der Waals surface area contributed by atoms with E-state index in [4.69, 9.17) is 9.79 Å².